The van der Waals surface area contributed by atoms with Gasteiger partial charge in [-0.25, -0.2) is 0 Å². The van der Waals surface area contributed by atoms with Crippen molar-refractivity contribution in [1.29, 1.82) is 0 Å². The van der Waals surface area contributed by atoms with Gasteiger partial charge in [0.25, 0.3) is 0 Å². The molecule has 0 radical (unpaired) electrons. The SMILES string of the molecule is [Se]=P(c1ccccc1)(c1ccc2ccccc2c1)c1ccc2nc3c4ccccc4c4ccccc4n3c2c1. The Morgan fingerprint density at radius 2 is 1.13 bits per heavy atom. The van der Waals surface area contributed by atoms with E-state index < -0.39 is 5.51 Å². The van der Waals surface area contributed by atoms with Gasteiger partial charge in [0.05, 0.1) is 0 Å². The van der Waals surface area contributed by atoms with Gasteiger partial charge in [-0.3, -0.25) is 0 Å². The molecule has 1 atom stereocenters. The zero-order valence-corrected chi connectivity index (χ0v) is 23.6. The molecule has 0 bridgehead atoms. The second-order valence-corrected chi connectivity index (χ2v) is 16.2. The van der Waals surface area contributed by atoms with Crippen molar-refractivity contribution in [3.8, 4) is 0 Å². The first kappa shape index (κ1) is 22.9. The average Bonchev–Trinajstić information content (AvgIpc) is 3.40. The normalized spacial score (nSPS) is 13.4. The third-order valence-electron chi connectivity index (χ3n) is 7.82. The van der Waals surface area contributed by atoms with Gasteiger partial charge in [-0.05, 0) is 0 Å². The fourth-order valence-corrected chi connectivity index (χ4v) is 10.8. The fraction of sp³-hybridized carbons (Fsp3) is 0. The van der Waals surface area contributed by atoms with Crippen molar-refractivity contribution in [2.24, 2.45) is 0 Å². The molecule has 0 aliphatic rings. The zero-order chi connectivity index (χ0) is 26.0. The summed E-state index contributed by atoms with van der Waals surface area (Å²) in [5.41, 5.74) is 2.27. The van der Waals surface area contributed by atoms with Crippen molar-refractivity contribution in [2.45, 2.75) is 0 Å². The number of imidazole rings is 1. The molecule has 39 heavy (non-hydrogen) atoms. The maximum atomic E-state index is 5.17. The van der Waals surface area contributed by atoms with E-state index in [9.17, 15) is 0 Å². The van der Waals surface area contributed by atoms with Crippen molar-refractivity contribution >= 4 is 85.6 Å². The second kappa shape index (κ2) is 8.76. The molecule has 1 unspecified atom stereocenters. The van der Waals surface area contributed by atoms with Crippen LogP contribution >= 0.6 is 5.51 Å². The summed E-state index contributed by atoms with van der Waals surface area (Å²) in [6.07, 6.45) is 0. The molecule has 184 valence electrons. The van der Waals surface area contributed by atoms with E-state index in [1.165, 1.54) is 48.4 Å². The predicted molar refractivity (Wildman–Crippen MR) is 170 cm³/mol. The minimum absolute atomic E-state index is 1.01. The molecule has 4 heteroatoms. The number of para-hydroxylation sites is 1. The van der Waals surface area contributed by atoms with E-state index in [4.69, 9.17) is 4.98 Å². The van der Waals surface area contributed by atoms with Gasteiger partial charge >= 0.3 is 235 Å². The number of nitrogens with zero attached hydrogens (tertiary/aromatic N) is 2. The molecule has 0 spiro atoms. The molecular weight excluding hydrogens is 558 g/mol. The van der Waals surface area contributed by atoms with E-state index in [0.29, 0.717) is 0 Å². The second-order valence-electron chi connectivity index (χ2n) is 9.98. The molecule has 8 rings (SSSR count). The van der Waals surface area contributed by atoms with Crippen LogP contribution in [0.25, 0.3) is 49.1 Å². The predicted octanol–water partition coefficient (Wildman–Crippen LogP) is 7.32. The van der Waals surface area contributed by atoms with Gasteiger partial charge in [-0.1, -0.05) is 0 Å². The van der Waals surface area contributed by atoms with Crippen molar-refractivity contribution in [3.05, 3.63) is 140 Å². The maximum absolute atomic E-state index is 5.17. The molecule has 0 amide bonds. The molecular formula is C35H23N2PSe. The first-order chi connectivity index (χ1) is 19.2. The van der Waals surface area contributed by atoms with Gasteiger partial charge in [0.15, 0.2) is 0 Å². The van der Waals surface area contributed by atoms with Crippen molar-refractivity contribution in [3.63, 3.8) is 0 Å². The first-order valence-electron chi connectivity index (χ1n) is 13.1. The van der Waals surface area contributed by atoms with Crippen molar-refractivity contribution in [2.75, 3.05) is 0 Å². The third-order valence-corrected chi connectivity index (χ3v) is 14.8. The van der Waals surface area contributed by atoms with Gasteiger partial charge in [0.1, 0.15) is 0 Å². The molecule has 2 nitrogen and oxygen atoms in total. The summed E-state index contributed by atoms with van der Waals surface area (Å²) in [7, 11) is 0. The van der Waals surface area contributed by atoms with E-state index in [1.54, 1.807) is 0 Å². The van der Waals surface area contributed by atoms with E-state index in [0.717, 1.165) is 16.7 Å². The number of hydrogen-bond acceptors (Lipinski definition) is 1. The van der Waals surface area contributed by atoms with Crippen LogP contribution in [0.5, 0.6) is 0 Å². The first-order valence-corrected chi connectivity index (χ1v) is 17.1. The molecule has 0 saturated carbocycles. The summed E-state index contributed by atoms with van der Waals surface area (Å²) < 4.78 is 2.35. The van der Waals surface area contributed by atoms with Crippen LogP contribution in [-0.2, 0) is 0 Å². The Morgan fingerprint density at radius 1 is 0.487 bits per heavy atom. The molecule has 0 N–H and O–H groups in total. The van der Waals surface area contributed by atoms with Crippen LogP contribution in [0.1, 0.15) is 0 Å². The van der Waals surface area contributed by atoms with Crippen LogP contribution in [0.15, 0.2) is 140 Å². The summed E-state index contributed by atoms with van der Waals surface area (Å²) in [5.74, 6) is 0. The van der Waals surface area contributed by atoms with E-state index in [2.05, 4.69) is 159 Å². The quantitative estimate of drug-likeness (QED) is 0.121. The number of fused-ring (bicyclic) bond motifs is 9. The third kappa shape index (κ3) is 3.41. The fourth-order valence-electron chi connectivity index (χ4n) is 5.95. The Kier molecular flexibility index (Phi) is 5.15. The topological polar surface area (TPSA) is 17.3 Å². The van der Waals surface area contributed by atoms with Crippen LogP contribution in [-0.4, -0.2) is 24.5 Å². The summed E-state index contributed by atoms with van der Waals surface area (Å²) in [5, 5.41) is 10.1. The zero-order valence-electron chi connectivity index (χ0n) is 21.0. The Balaban J connectivity index is 1.48. The number of pyridine rings is 1. The molecule has 0 fully saturated rings. The van der Waals surface area contributed by atoms with Crippen molar-refractivity contribution < 1.29 is 0 Å². The van der Waals surface area contributed by atoms with E-state index in [-0.39, 0.29) is 0 Å². The molecule has 0 aliphatic carbocycles. The standard InChI is InChI=1S/C35H23N2PSe/c39-38(26-12-2-1-3-13-26,27-19-18-24-10-4-5-11-25(24)22-27)28-20-21-32-34(23-28)37-33-17-9-8-15-30(33)29-14-6-7-16-31(29)35(37)36-32/h1-23H. The summed E-state index contributed by atoms with van der Waals surface area (Å²) in [4.78, 5) is 5.17. The molecule has 8 aromatic rings. The Labute approximate surface area is 233 Å². The van der Waals surface area contributed by atoms with Crippen LogP contribution in [0, 0.1) is 0 Å². The molecule has 0 saturated heterocycles. The molecule has 0 aliphatic heterocycles. The van der Waals surface area contributed by atoms with Crippen LogP contribution in [0.3, 0.4) is 0 Å². The number of rotatable bonds is 3. The van der Waals surface area contributed by atoms with Gasteiger partial charge in [0.2, 0.25) is 0 Å². The number of benzene rings is 6. The van der Waals surface area contributed by atoms with Gasteiger partial charge < -0.3 is 0 Å². The minimum atomic E-state index is -2.06. The van der Waals surface area contributed by atoms with E-state index in [1.807, 2.05) is 0 Å². The van der Waals surface area contributed by atoms with E-state index >= 15 is 0 Å². The van der Waals surface area contributed by atoms with Gasteiger partial charge in [0, 0.05) is 0 Å². The van der Waals surface area contributed by atoms with Gasteiger partial charge in [-0.2, -0.15) is 0 Å². The summed E-state index contributed by atoms with van der Waals surface area (Å²) in [6.45, 7) is 0. The Morgan fingerprint density at radius 3 is 1.97 bits per heavy atom. The molecule has 6 aromatic carbocycles. The molecule has 2 aromatic heterocycles. The Hall–Kier alpha value is -4.00. The van der Waals surface area contributed by atoms with Crippen LogP contribution in [0.2, 0.25) is 0 Å². The Bertz CT molecular complexity index is 2270. The monoisotopic (exact) mass is 582 g/mol. The number of aromatic nitrogens is 2. The number of hydrogen-bond donors (Lipinski definition) is 0. The summed E-state index contributed by atoms with van der Waals surface area (Å²) >= 11 is 3.76. The average molecular weight is 582 g/mol. The van der Waals surface area contributed by atoms with Crippen LogP contribution in [0.4, 0.5) is 0 Å². The van der Waals surface area contributed by atoms with Crippen molar-refractivity contribution in [1.82, 2.24) is 9.38 Å². The molecule has 2 heterocycles. The van der Waals surface area contributed by atoms with Gasteiger partial charge in [-0.15, -0.1) is 0 Å². The van der Waals surface area contributed by atoms with Crippen LogP contribution < -0.4 is 15.9 Å². The summed E-state index contributed by atoms with van der Waals surface area (Å²) in [6, 6.07) is 50.6.